The summed E-state index contributed by atoms with van der Waals surface area (Å²) in [4.78, 5) is 13.2. The van der Waals surface area contributed by atoms with Gasteiger partial charge in [-0.15, -0.1) is 0 Å². The van der Waals surface area contributed by atoms with Gasteiger partial charge in [0, 0.05) is 7.05 Å². The molecule has 84 valence electrons. The van der Waals surface area contributed by atoms with E-state index >= 15 is 0 Å². The summed E-state index contributed by atoms with van der Waals surface area (Å²) < 4.78 is 0. The van der Waals surface area contributed by atoms with Crippen molar-refractivity contribution in [3.63, 3.8) is 0 Å². The molecule has 1 N–H and O–H groups in total. The quantitative estimate of drug-likeness (QED) is 0.822. The van der Waals surface area contributed by atoms with Crippen LogP contribution in [0, 0.1) is 11.3 Å². The fourth-order valence-corrected chi connectivity index (χ4v) is 1.35. The van der Waals surface area contributed by atoms with E-state index in [9.17, 15) is 4.79 Å². The Balaban J connectivity index is 2.84. The summed E-state index contributed by atoms with van der Waals surface area (Å²) in [6, 6.07) is 9.14. The van der Waals surface area contributed by atoms with Crippen LogP contribution in [-0.4, -0.2) is 26.0 Å². The predicted molar refractivity (Wildman–Crippen MR) is 63.1 cm³/mol. The van der Waals surface area contributed by atoms with Crippen molar-refractivity contribution in [2.45, 2.75) is 6.92 Å². The molecule has 1 aromatic rings. The number of carbonyl (C=O) groups excluding carboxylic acids is 1. The van der Waals surface area contributed by atoms with Crippen LogP contribution >= 0.6 is 0 Å². The van der Waals surface area contributed by atoms with Gasteiger partial charge >= 0.3 is 0 Å². The number of nitriles is 1. The summed E-state index contributed by atoms with van der Waals surface area (Å²) in [6.45, 7) is 2.97. The second-order valence-electron chi connectivity index (χ2n) is 3.36. The van der Waals surface area contributed by atoms with Crippen molar-refractivity contribution in [3.05, 3.63) is 29.8 Å². The van der Waals surface area contributed by atoms with Gasteiger partial charge in [0.25, 0.3) is 0 Å². The third kappa shape index (κ3) is 2.81. The number of anilines is 1. The third-order valence-corrected chi connectivity index (χ3v) is 2.29. The highest BCUT2D eigenvalue weighted by Gasteiger charge is 2.12. The van der Waals surface area contributed by atoms with Crippen LogP contribution in [0.3, 0.4) is 0 Å². The smallest absolute Gasteiger partial charge is 0.240 e. The monoisotopic (exact) mass is 217 g/mol. The van der Waals surface area contributed by atoms with E-state index < -0.39 is 0 Å². The molecule has 0 saturated carbocycles. The number of amides is 1. The van der Waals surface area contributed by atoms with Gasteiger partial charge in [-0.3, -0.25) is 4.79 Å². The Hall–Kier alpha value is -1.86. The first-order valence-electron chi connectivity index (χ1n) is 5.17. The lowest BCUT2D eigenvalue weighted by Crippen LogP contribution is -2.35. The van der Waals surface area contributed by atoms with Gasteiger partial charge in [0.1, 0.15) is 6.07 Å². The number of para-hydroxylation sites is 1. The molecule has 0 atom stereocenters. The zero-order valence-electron chi connectivity index (χ0n) is 9.53. The number of carbonyl (C=O) groups is 1. The third-order valence-electron chi connectivity index (χ3n) is 2.29. The molecule has 0 unspecified atom stereocenters. The van der Waals surface area contributed by atoms with Crippen LogP contribution in [0.5, 0.6) is 0 Å². The molecular weight excluding hydrogens is 202 g/mol. The number of nitrogens with zero attached hydrogens (tertiary/aromatic N) is 2. The molecule has 4 nitrogen and oxygen atoms in total. The summed E-state index contributed by atoms with van der Waals surface area (Å²) in [6.07, 6.45) is 0. The first kappa shape index (κ1) is 12.2. The highest BCUT2D eigenvalue weighted by Crippen LogP contribution is 2.17. The van der Waals surface area contributed by atoms with E-state index in [1.165, 1.54) is 4.90 Å². The Kier molecular flexibility index (Phi) is 4.49. The minimum absolute atomic E-state index is 0.0513. The molecule has 0 radical (unpaired) electrons. The maximum Gasteiger partial charge on any atom is 0.240 e. The van der Waals surface area contributed by atoms with E-state index in [1.54, 1.807) is 25.2 Å². The van der Waals surface area contributed by atoms with Crippen molar-refractivity contribution >= 4 is 11.6 Å². The number of nitrogens with one attached hydrogen (secondary N) is 1. The van der Waals surface area contributed by atoms with Crippen molar-refractivity contribution in [3.8, 4) is 6.07 Å². The van der Waals surface area contributed by atoms with Gasteiger partial charge in [0.15, 0.2) is 0 Å². The average molecular weight is 217 g/mol. The number of rotatable bonds is 4. The van der Waals surface area contributed by atoms with Crippen LogP contribution in [0.4, 0.5) is 5.69 Å². The molecule has 1 rings (SSSR count). The van der Waals surface area contributed by atoms with Crippen LogP contribution in [0.25, 0.3) is 0 Å². The van der Waals surface area contributed by atoms with Gasteiger partial charge < -0.3 is 10.2 Å². The van der Waals surface area contributed by atoms with Gasteiger partial charge in [-0.25, -0.2) is 0 Å². The summed E-state index contributed by atoms with van der Waals surface area (Å²) in [5, 5.41) is 11.9. The first-order chi connectivity index (χ1) is 7.70. The molecule has 0 bridgehead atoms. The Morgan fingerprint density at radius 3 is 2.81 bits per heavy atom. The molecule has 0 aromatic heterocycles. The molecule has 1 aromatic carbocycles. The van der Waals surface area contributed by atoms with Gasteiger partial charge in [-0.05, 0) is 18.7 Å². The van der Waals surface area contributed by atoms with Gasteiger partial charge in [-0.1, -0.05) is 19.1 Å². The molecule has 0 heterocycles. The molecule has 1 amide bonds. The largest absolute Gasteiger partial charge is 0.313 e. The summed E-state index contributed by atoms with van der Waals surface area (Å²) in [5.41, 5.74) is 1.16. The standard InChI is InChI=1S/C12H15N3O/c1-3-14-9-12(16)15(2)11-7-5-4-6-10(11)8-13/h4-7,14H,3,9H2,1-2H3. The molecule has 16 heavy (non-hydrogen) atoms. The Labute approximate surface area is 95.5 Å². The highest BCUT2D eigenvalue weighted by molar-refractivity contribution is 5.95. The number of benzene rings is 1. The maximum absolute atomic E-state index is 11.7. The minimum Gasteiger partial charge on any atom is -0.313 e. The van der Waals surface area contributed by atoms with Crippen molar-refractivity contribution in [1.29, 1.82) is 5.26 Å². The second kappa shape index (κ2) is 5.89. The summed E-state index contributed by atoms with van der Waals surface area (Å²) in [7, 11) is 1.68. The van der Waals surface area contributed by atoms with E-state index in [0.29, 0.717) is 11.3 Å². The second-order valence-corrected chi connectivity index (χ2v) is 3.36. The lowest BCUT2D eigenvalue weighted by atomic mass is 10.2. The normalized spacial score (nSPS) is 9.56. The van der Waals surface area contributed by atoms with Crippen LogP contribution < -0.4 is 10.2 Å². The van der Waals surface area contributed by atoms with Crippen molar-refractivity contribution < 1.29 is 4.79 Å². The number of hydrogen-bond donors (Lipinski definition) is 1. The average Bonchev–Trinajstić information content (AvgIpc) is 2.34. The molecule has 0 aliphatic carbocycles. The Morgan fingerprint density at radius 1 is 1.50 bits per heavy atom. The molecule has 4 heteroatoms. The lowest BCUT2D eigenvalue weighted by molar-refractivity contribution is -0.117. The SMILES string of the molecule is CCNCC(=O)N(C)c1ccccc1C#N. The van der Waals surface area contributed by atoms with E-state index in [-0.39, 0.29) is 12.5 Å². The zero-order valence-corrected chi connectivity index (χ0v) is 9.53. The van der Waals surface area contributed by atoms with E-state index in [4.69, 9.17) is 5.26 Å². The van der Waals surface area contributed by atoms with Crippen LogP contribution in [0.1, 0.15) is 12.5 Å². The highest BCUT2D eigenvalue weighted by atomic mass is 16.2. The molecule has 0 aliphatic heterocycles. The number of hydrogen-bond acceptors (Lipinski definition) is 3. The van der Waals surface area contributed by atoms with Crippen LogP contribution in [0.2, 0.25) is 0 Å². The van der Waals surface area contributed by atoms with Crippen molar-refractivity contribution in [2.75, 3.05) is 25.0 Å². The summed E-state index contributed by atoms with van der Waals surface area (Å²) >= 11 is 0. The molecule has 0 saturated heterocycles. The molecule has 0 fully saturated rings. The van der Waals surface area contributed by atoms with Crippen LogP contribution in [0.15, 0.2) is 24.3 Å². The zero-order chi connectivity index (χ0) is 12.0. The molecule has 0 aliphatic rings. The maximum atomic E-state index is 11.7. The summed E-state index contributed by atoms with van der Waals surface area (Å²) in [5.74, 6) is -0.0513. The van der Waals surface area contributed by atoms with Gasteiger partial charge in [0.2, 0.25) is 5.91 Å². The molecule has 0 spiro atoms. The van der Waals surface area contributed by atoms with Gasteiger partial charge in [0.05, 0.1) is 17.8 Å². The Bertz CT molecular complexity index is 409. The number of likely N-dealkylation sites (N-methyl/N-ethyl adjacent to an activating group) is 2. The lowest BCUT2D eigenvalue weighted by Gasteiger charge is -2.18. The van der Waals surface area contributed by atoms with Crippen molar-refractivity contribution in [2.24, 2.45) is 0 Å². The van der Waals surface area contributed by atoms with E-state index in [2.05, 4.69) is 11.4 Å². The van der Waals surface area contributed by atoms with Gasteiger partial charge in [-0.2, -0.15) is 5.26 Å². The topological polar surface area (TPSA) is 56.1 Å². The van der Waals surface area contributed by atoms with E-state index in [0.717, 1.165) is 6.54 Å². The predicted octanol–water partition coefficient (Wildman–Crippen LogP) is 1.13. The molecular formula is C12H15N3O. The fraction of sp³-hybridized carbons (Fsp3) is 0.333. The van der Waals surface area contributed by atoms with E-state index in [1.807, 2.05) is 13.0 Å². The Morgan fingerprint density at radius 2 is 2.19 bits per heavy atom. The fourth-order valence-electron chi connectivity index (χ4n) is 1.35. The minimum atomic E-state index is -0.0513. The van der Waals surface area contributed by atoms with Crippen LogP contribution in [-0.2, 0) is 4.79 Å². The van der Waals surface area contributed by atoms with Crippen molar-refractivity contribution in [1.82, 2.24) is 5.32 Å². The first-order valence-corrected chi connectivity index (χ1v) is 5.17.